The van der Waals surface area contributed by atoms with Crippen LogP contribution in [0.15, 0.2) is 66.6 Å². The number of benzene rings is 2. The summed E-state index contributed by atoms with van der Waals surface area (Å²) in [4.78, 5) is 22.1. The molecule has 0 fully saturated rings. The van der Waals surface area contributed by atoms with Crippen molar-refractivity contribution in [2.45, 2.75) is 18.7 Å². The number of hydrogen-bond donors (Lipinski definition) is 0. The molecule has 0 aliphatic rings. The molecule has 0 N–H and O–H groups in total. The quantitative estimate of drug-likeness (QED) is 0.354. The second-order valence-corrected chi connectivity index (χ2v) is 11.6. The molecule has 1 amide bonds. The molecular formula is C26H32N4O3S2. The van der Waals surface area contributed by atoms with E-state index < -0.39 is 10.0 Å². The van der Waals surface area contributed by atoms with Gasteiger partial charge in [0.05, 0.1) is 15.1 Å². The van der Waals surface area contributed by atoms with Gasteiger partial charge in [0, 0.05) is 31.7 Å². The molecule has 1 aromatic heterocycles. The standard InChI is InChI=1S/C26H32N4O3S2/c1-7-13-29(14-8-2)35(32,33)22-11-9-21(10-12-22)25(31)30(16-15-28(5)6)26-27-24-20(4)17-19(3)18-23(24)34-26/h7-12,17-18H,1-2,13-16H2,3-6H3. The van der Waals surface area contributed by atoms with E-state index in [2.05, 4.69) is 25.3 Å². The van der Waals surface area contributed by atoms with E-state index in [0.29, 0.717) is 23.8 Å². The van der Waals surface area contributed by atoms with Crippen LogP contribution >= 0.6 is 11.3 Å². The van der Waals surface area contributed by atoms with Gasteiger partial charge in [-0.15, -0.1) is 13.2 Å². The molecule has 0 aliphatic carbocycles. The molecule has 0 atom stereocenters. The largest absolute Gasteiger partial charge is 0.308 e. The second-order valence-electron chi connectivity index (χ2n) is 8.61. The lowest BCUT2D eigenvalue weighted by Crippen LogP contribution is -2.36. The molecule has 0 saturated heterocycles. The highest BCUT2D eigenvalue weighted by atomic mass is 32.2. The molecule has 0 aliphatic heterocycles. The van der Waals surface area contributed by atoms with E-state index in [1.807, 2.05) is 32.8 Å². The lowest BCUT2D eigenvalue weighted by molar-refractivity contribution is 0.0985. The summed E-state index contributed by atoms with van der Waals surface area (Å²) in [5.74, 6) is -0.224. The van der Waals surface area contributed by atoms with Gasteiger partial charge in [0.25, 0.3) is 5.91 Å². The zero-order valence-electron chi connectivity index (χ0n) is 20.7. The first kappa shape index (κ1) is 26.7. The molecule has 0 bridgehead atoms. The van der Waals surface area contributed by atoms with Crippen molar-refractivity contribution < 1.29 is 13.2 Å². The van der Waals surface area contributed by atoms with Crippen molar-refractivity contribution in [3.63, 3.8) is 0 Å². The van der Waals surface area contributed by atoms with Crippen molar-refractivity contribution in [2.24, 2.45) is 0 Å². The minimum absolute atomic E-state index is 0.115. The van der Waals surface area contributed by atoms with Crippen LogP contribution in [-0.4, -0.2) is 68.8 Å². The van der Waals surface area contributed by atoms with E-state index >= 15 is 0 Å². The summed E-state index contributed by atoms with van der Waals surface area (Å²) in [7, 11) is 0.163. The Morgan fingerprint density at radius 3 is 2.23 bits per heavy atom. The fourth-order valence-electron chi connectivity index (χ4n) is 3.69. The molecule has 186 valence electrons. The van der Waals surface area contributed by atoms with Gasteiger partial charge in [-0.3, -0.25) is 9.69 Å². The van der Waals surface area contributed by atoms with Crippen LogP contribution in [0.4, 0.5) is 5.13 Å². The summed E-state index contributed by atoms with van der Waals surface area (Å²) in [6.07, 6.45) is 3.06. The van der Waals surface area contributed by atoms with Gasteiger partial charge < -0.3 is 4.90 Å². The normalized spacial score (nSPS) is 11.8. The van der Waals surface area contributed by atoms with Crippen molar-refractivity contribution in [1.82, 2.24) is 14.2 Å². The Hall–Kier alpha value is -2.85. The number of nitrogens with zero attached hydrogens (tertiary/aromatic N) is 4. The molecule has 1 heterocycles. The Bertz CT molecular complexity index is 1320. The maximum atomic E-state index is 13.6. The molecule has 0 unspecified atom stereocenters. The fourth-order valence-corrected chi connectivity index (χ4v) is 6.24. The minimum Gasteiger partial charge on any atom is -0.308 e. The summed E-state index contributed by atoms with van der Waals surface area (Å²) in [5, 5.41) is 0.625. The van der Waals surface area contributed by atoms with Crippen molar-refractivity contribution >= 4 is 42.6 Å². The van der Waals surface area contributed by atoms with Gasteiger partial charge in [-0.25, -0.2) is 13.4 Å². The predicted octanol–water partition coefficient (Wildman–Crippen LogP) is 4.48. The minimum atomic E-state index is -3.74. The van der Waals surface area contributed by atoms with E-state index in [1.165, 1.54) is 39.9 Å². The van der Waals surface area contributed by atoms with Crippen molar-refractivity contribution in [2.75, 3.05) is 45.2 Å². The molecule has 0 spiro atoms. The van der Waals surface area contributed by atoms with Gasteiger partial charge in [-0.2, -0.15) is 4.31 Å². The van der Waals surface area contributed by atoms with E-state index in [-0.39, 0.29) is 23.9 Å². The summed E-state index contributed by atoms with van der Waals surface area (Å²) < 4.78 is 28.3. The average molecular weight is 513 g/mol. The number of thiazole rings is 1. The number of aromatic nitrogens is 1. The Morgan fingerprint density at radius 2 is 1.66 bits per heavy atom. The van der Waals surface area contributed by atoms with Crippen molar-refractivity contribution in [3.05, 3.63) is 78.4 Å². The monoisotopic (exact) mass is 512 g/mol. The summed E-state index contributed by atoms with van der Waals surface area (Å²) in [5.41, 5.74) is 3.51. The topological polar surface area (TPSA) is 73.8 Å². The van der Waals surface area contributed by atoms with Crippen LogP contribution in [0, 0.1) is 13.8 Å². The third-order valence-corrected chi connectivity index (χ3v) is 8.34. The van der Waals surface area contributed by atoms with E-state index in [0.717, 1.165) is 21.3 Å². The maximum absolute atomic E-state index is 13.6. The second kappa shape index (κ2) is 11.3. The first-order valence-corrected chi connectivity index (χ1v) is 13.5. The number of fused-ring (bicyclic) bond motifs is 1. The van der Waals surface area contributed by atoms with E-state index in [1.54, 1.807) is 17.0 Å². The lowest BCUT2D eigenvalue weighted by atomic mass is 10.1. The SMILES string of the molecule is C=CCN(CC=C)S(=O)(=O)c1ccc(C(=O)N(CCN(C)C)c2nc3c(C)cc(C)cc3s2)cc1. The molecule has 2 aromatic carbocycles. The fraction of sp³-hybridized carbons (Fsp3) is 0.308. The van der Waals surface area contributed by atoms with Gasteiger partial charge in [0.15, 0.2) is 5.13 Å². The number of carbonyl (C=O) groups excluding carboxylic acids is 1. The zero-order valence-corrected chi connectivity index (χ0v) is 22.3. The van der Waals surface area contributed by atoms with Crippen molar-refractivity contribution in [3.8, 4) is 0 Å². The maximum Gasteiger partial charge on any atom is 0.260 e. The third-order valence-electron chi connectivity index (χ3n) is 5.47. The number of aryl methyl sites for hydroxylation is 2. The Balaban J connectivity index is 1.96. The van der Waals surface area contributed by atoms with Crippen LogP contribution in [0.1, 0.15) is 21.5 Å². The molecular weight excluding hydrogens is 480 g/mol. The molecule has 0 radical (unpaired) electrons. The van der Waals surface area contributed by atoms with Crippen LogP contribution in [0.3, 0.4) is 0 Å². The molecule has 3 rings (SSSR count). The molecule has 3 aromatic rings. The number of carbonyl (C=O) groups is 1. The first-order chi connectivity index (χ1) is 16.6. The number of anilines is 1. The van der Waals surface area contributed by atoms with Gasteiger partial charge in [-0.1, -0.05) is 29.6 Å². The van der Waals surface area contributed by atoms with Crippen LogP contribution in [0.2, 0.25) is 0 Å². The van der Waals surface area contributed by atoms with E-state index in [4.69, 9.17) is 4.98 Å². The Kier molecular flexibility index (Phi) is 8.60. The van der Waals surface area contributed by atoms with Crippen LogP contribution in [0.25, 0.3) is 10.2 Å². The molecule has 35 heavy (non-hydrogen) atoms. The predicted molar refractivity (Wildman–Crippen MR) is 145 cm³/mol. The summed E-state index contributed by atoms with van der Waals surface area (Å²) in [6.45, 7) is 12.8. The first-order valence-electron chi connectivity index (χ1n) is 11.2. The third kappa shape index (κ3) is 6.05. The number of rotatable bonds is 11. The highest BCUT2D eigenvalue weighted by Crippen LogP contribution is 2.32. The summed E-state index contributed by atoms with van der Waals surface area (Å²) in [6, 6.07) is 10.2. The average Bonchev–Trinajstić information content (AvgIpc) is 3.23. The zero-order chi connectivity index (χ0) is 25.8. The molecule has 0 saturated carbocycles. The Morgan fingerprint density at radius 1 is 1.03 bits per heavy atom. The van der Waals surface area contributed by atoms with Gasteiger partial charge in [-0.05, 0) is 69.4 Å². The van der Waals surface area contributed by atoms with Gasteiger partial charge in [0.2, 0.25) is 10.0 Å². The number of hydrogen-bond acceptors (Lipinski definition) is 6. The van der Waals surface area contributed by atoms with Gasteiger partial charge in [0.1, 0.15) is 0 Å². The lowest BCUT2D eigenvalue weighted by Gasteiger charge is -2.22. The van der Waals surface area contributed by atoms with Crippen molar-refractivity contribution in [1.29, 1.82) is 0 Å². The number of likely N-dealkylation sites (N-methyl/N-ethyl adjacent to an activating group) is 1. The van der Waals surface area contributed by atoms with Crippen LogP contribution in [-0.2, 0) is 10.0 Å². The highest BCUT2D eigenvalue weighted by molar-refractivity contribution is 7.89. The smallest absolute Gasteiger partial charge is 0.260 e. The highest BCUT2D eigenvalue weighted by Gasteiger charge is 2.25. The Labute approximate surface area is 212 Å². The molecule has 7 nitrogen and oxygen atoms in total. The van der Waals surface area contributed by atoms with Crippen LogP contribution < -0.4 is 4.90 Å². The van der Waals surface area contributed by atoms with Gasteiger partial charge >= 0.3 is 0 Å². The summed E-state index contributed by atoms with van der Waals surface area (Å²) >= 11 is 1.48. The number of amides is 1. The van der Waals surface area contributed by atoms with Crippen LogP contribution in [0.5, 0.6) is 0 Å². The number of sulfonamides is 1. The van der Waals surface area contributed by atoms with E-state index in [9.17, 15) is 13.2 Å². The molecule has 9 heteroatoms.